The standard InChI is InChI=1S/C12H27NO2S/c1-11(2)7-5-8-12(3)13-9-6-10-16(4,14)15/h11-13H,5-10H2,1-4H3. The first kappa shape index (κ1) is 15.9. The van der Waals surface area contributed by atoms with Crippen LogP contribution in [0.15, 0.2) is 0 Å². The molecule has 1 unspecified atom stereocenters. The highest BCUT2D eigenvalue weighted by atomic mass is 32.2. The van der Waals surface area contributed by atoms with Gasteiger partial charge in [-0.2, -0.15) is 0 Å². The SMILES string of the molecule is CC(C)CCCC(C)NCCCS(C)(=O)=O. The van der Waals surface area contributed by atoms with Crippen molar-refractivity contribution in [1.82, 2.24) is 5.32 Å². The van der Waals surface area contributed by atoms with Gasteiger partial charge >= 0.3 is 0 Å². The van der Waals surface area contributed by atoms with E-state index < -0.39 is 9.84 Å². The minimum absolute atomic E-state index is 0.290. The van der Waals surface area contributed by atoms with E-state index >= 15 is 0 Å². The van der Waals surface area contributed by atoms with Gasteiger partial charge in [-0.25, -0.2) is 8.42 Å². The second kappa shape index (κ2) is 8.07. The monoisotopic (exact) mass is 249 g/mol. The van der Waals surface area contributed by atoms with E-state index in [9.17, 15) is 8.42 Å². The number of rotatable bonds is 9. The molecule has 0 aliphatic rings. The normalized spacial score (nSPS) is 14.3. The molecule has 1 atom stereocenters. The van der Waals surface area contributed by atoms with Crippen molar-refractivity contribution >= 4 is 9.84 Å². The van der Waals surface area contributed by atoms with Gasteiger partial charge in [0.25, 0.3) is 0 Å². The molecule has 1 N–H and O–H groups in total. The van der Waals surface area contributed by atoms with Crippen LogP contribution in [0.3, 0.4) is 0 Å². The molecule has 0 fully saturated rings. The fraction of sp³-hybridized carbons (Fsp3) is 1.00. The Morgan fingerprint density at radius 1 is 1.06 bits per heavy atom. The van der Waals surface area contributed by atoms with Crippen molar-refractivity contribution in [2.45, 2.75) is 52.5 Å². The zero-order chi connectivity index (χ0) is 12.6. The van der Waals surface area contributed by atoms with Crippen LogP contribution in [0.25, 0.3) is 0 Å². The molecule has 0 saturated carbocycles. The number of hydrogen-bond acceptors (Lipinski definition) is 3. The topological polar surface area (TPSA) is 46.2 Å². The van der Waals surface area contributed by atoms with Crippen LogP contribution >= 0.6 is 0 Å². The third kappa shape index (κ3) is 12.0. The average Bonchev–Trinajstić information content (AvgIpc) is 2.10. The highest BCUT2D eigenvalue weighted by Crippen LogP contribution is 2.08. The second-order valence-electron chi connectivity index (χ2n) is 5.16. The molecular formula is C12H27NO2S. The molecule has 0 rings (SSSR count). The van der Waals surface area contributed by atoms with Gasteiger partial charge in [0, 0.05) is 12.3 Å². The van der Waals surface area contributed by atoms with E-state index in [-0.39, 0.29) is 0 Å². The molecule has 0 aromatic heterocycles. The molecular weight excluding hydrogens is 222 g/mol. The summed E-state index contributed by atoms with van der Waals surface area (Å²) < 4.78 is 21.8. The number of sulfone groups is 1. The Kier molecular flexibility index (Phi) is 8.02. The third-order valence-electron chi connectivity index (χ3n) is 2.60. The highest BCUT2D eigenvalue weighted by Gasteiger charge is 2.04. The van der Waals surface area contributed by atoms with Gasteiger partial charge in [0.1, 0.15) is 9.84 Å². The van der Waals surface area contributed by atoms with Gasteiger partial charge in [0.2, 0.25) is 0 Å². The molecule has 0 saturated heterocycles. The summed E-state index contributed by atoms with van der Waals surface area (Å²) in [4.78, 5) is 0. The fourth-order valence-corrected chi connectivity index (χ4v) is 2.29. The van der Waals surface area contributed by atoms with E-state index in [1.165, 1.54) is 25.5 Å². The maximum atomic E-state index is 10.9. The van der Waals surface area contributed by atoms with E-state index in [0.717, 1.165) is 12.5 Å². The van der Waals surface area contributed by atoms with Gasteiger partial charge < -0.3 is 5.32 Å². The molecule has 0 aromatic carbocycles. The molecule has 0 aliphatic carbocycles. The van der Waals surface area contributed by atoms with Crippen LogP contribution in [0.5, 0.6) is 0 Å². The van der Waals surface area contributed by atoms with E-state index in [1.807, 2.05) is 0 Å². The molecule has 0 aromatic rings. The van der Waals surface area contributed by atoms with Gasteiger partial charge in [-0.1, -0.05) is 26.7 Å². The van der Waals surface area contributed by atoms with E-state index in [0.29, 0.717) is 18.2 Å². The molecule has 0 spiro atoms. The summed E-state index contributed by atoms with van der Waals surface area (Å²) in [7, 11) is -2.79. The minimum Gasteiger partial charge on any atom is -0.314 e. The zero-order valence-electron chi connectivity index (χ0n) is 11.1. The fourth-order valence-electron chi connectivity index (χ4n) is 1.62. The van der Waals surface area contributed by atoms with E-state index in [1.54, 1.807) is 0 Å². The molecule has 4 heteroatoms. The van der Waals surface area contributed by atoms with Crippen molar-refractivity contribution in [1.29, 1.82) is 0 Å². The molecule has 3 nitrogen and oxygen atoms in total. The minimum atomic E-state index is -2.79. The Morgan fingerprint density at radius 3 is 2.19 bits per heavy atom. The van der Waals surface area contributed by atoms with Gasteiger partial charge in [-0.15, -0.1) is 0 Å². The molecule has 0 aliphatic heterocycles. The van der Waals surface area contributed by atoms with Crippen molar-refractivity contribution in [3.8, 4) is 0 Å². The predicted molar refractivity (Wildman–Crippen MR) is 70.5 cm³/mol. The van der Waals surface area contributed by atoms with Crippen molar-refractivity contribution < 1.29 is 8.42 Å². The summed E-state index contributed by atoms with van der Waals surface area (Å²) in [6, 6.07) is 0.498. The summed E-state index contributed by atoms with van der Waals surface area (Å²) in [6.45, 7) is 7.45. The third-order valence-corrected chi connectivity index (χ3v) is 3.63. The summed E-state index contributed by atoms with van der Waals surface area (Å²) in [5.41, 5.74) is 0. The van der Waals surface area contributed by atoms with Crippen LogP contribution in [0.1, 0.15) is 46.5 Å². The lowest BCUT2D eigenvalue weighted by Crippen LogP contribution is -2.28. The van der Waals surface area contributed by atoms with Crippen LogP contribution < -0.4 is 5.32 Å². The van der Waals surface area contributed by atoms with Crippen LogP contribution in [-0.2, 0) is 9.84 Å². The number of hydrogen-bond donors (Lipinski definition) is 1. The number of nitrogens with one attached hydrogen (secondary N) is 1. The Labute approximate surface area is 101 Å². The molecule has 0 bridgehead atoms. The zero-order valence-corrected chi connectivity index (χ0v) is 11.9. The second-order valence-corrected chi connectivity index (χ2v) is 7.42. The highest BCUT2D eigenvalue weighted by molar-refractivity contribution is 7.90. The van der Waals surface area contributed by atoms with Crippen molar-refractivity contribution in [3.05, 3.63) is 0 Å². The first-order valence-corrected chi connectivity index (χ1v) is 8.28. The summed E-state index contributed by atoms with van der Waals surface area (Å²) in [5, 5.41) is 3.36. The van der Waals surface area contributed by atoms with E-state index in [4.69, 9.17) is 0 Å². The predicted octanol–water partition coefficient (Wildman–Crippen LogP) is 2.23. The van der Waals surface area contributed by atoms with Crippen molar-refractivity contribution in [2.75, 3.05) is 18.6 Å². The first-order valence-electron chi connectivity index (χ1n) is 6.22. The maximum Gasteiger partial charge on any atom is 0.147 e. The van der Waals surface area contributed by atoms with Crippen LogP contribution in [0.4, 0.5) is 0 Å². The van der Waals surface area contributed by atoms with Crippen LogP contribution in [0.2, 0.25) is 0 Å². The van der Waals surface area contributed by atoms with Gasteiger partial charge in [0.15, 0.2) is 0 Å². The Morgan fingerprint density at radius 2 is 1.69 bits per heavy atom. The Balaban J connectivity index is 3.40. The first-order chi connectivity index (χ1) is 7.31. The van der Waals surface area contributed by atoms with Crippen LogP contribution in [-0.4, -0.2) is 33.0 Å². The molecule has 0 heterocycles. The van der Waals surface area contributed by atoms with Crippen molar-refractivity contribution in [3.63, 3.8) is 0 Å². The Hall–Kier alpha value is -0.0900. The van der Waals surface area contributed by atoms with E-state index in [2.05, 4.69) is 26.1 Å². The quantitative estimate of drug-likeness (QED) is 0.637. The molecule has 0 amide bonds. The summed E-state index contributed by atoms with van der Waals surface area (Å²) in [5.74, 6) is 1.07. The Bertz CT molecular complexity index is 260. The summed E-state index contributed by atoms with van der Waals surface area (Å²) in [6.07, 6.45) is 5.71. The largest absolute Gasteiger partial charge is 0.314 e. The molecule has 0 radical (unpaired) electrons. The lowest BCUT2D eigenvalue weighted by molar-refractivity contribution is 0.458. The average molecular weight is 249 g/mol. The maximum absolute atomic E-state index is 10.9. The van der Waals surface area contributed by atoms with Gasteiger partial charge in [-0.05, 0) is 32.2 Å². The molecule has 98 valence electrons. The lowest BCUT2D eigenvalue weighted by Gasteiger charge is -2.14. The summed E-state index contributed by atoms with van der Waals surface area (Å²) >= 11 is 0. The van der Waals surface area contributed by atoms with Gasteiger partial charge in [-0.3, -0.25) is 0 Å². The van der Waals surface area contributed by atoms with Gasteiger partial charge in [0.05, 0.1) is 5.75 Å². The smallest absolute Gasteiger partial charge is 0.147 e. The van der Waals surface area contributed by atoms with Crippen molar-refractivity contribution in [2.24, 2.45) is 5.92 Å². The van der Waals surface area contributed by atoms with Crippen LogP contribution in [0, 0.1) is 5.92 Å². The molecule has 16 heavy (non-hydrogen) atoms. The lowest BCUT2D eigenvalue weighted by atomic mass is 10.0.